The number of para-hydroxylation sites is 1. The van der Waals surface area contributed by atoms with Crippen LogP contribution in [-0.2, 0) is 23.4 Å². The average Bonchev–Trinajstić information content (AvgIpc) is 3.42. The number of imidazole rings is 1. The molecule has 0 radical (unpaired) electrons. The number of nitrogens with zero attached hydrogens (tertiary/aromatic N) is 7. The highest BCUT2D eigenvalue weighted by Gasteiger charge is 2.54. The van der Waals surface area contributed by atoms with Crippen molar-refractivity contribution < 1.29 is 38.1 Å². The summed E-state index contributed by atoms with van der Waals surface area (Å²) >= 11 is 0. The molecule has 18 heteroatoms. The topological polar surface area (TPSA) is 242 Å². The molecule has 2 aromatic heterocycles. The number of carbonyl (C=O) groups excluding carboxylic acids is 1. The highest BCUT2D eigenvalue weighted by molar-refractivity contribution is 7.52. The molecular weight excluding hydrogens is 549 g/mol. The van der Waals surface area contributed by atoms with Crippen LogP contribution in [0.3, 0.4) is 0 Å². The minimum Gasteiger partial charge on any atom is -0.465 e. The molecule has 3 aromatic rings. The van der Waals surface area contributed by atoms with Gasteiger partial charge in [-0.2, -0.15) is 5.09 Å². The Hall–Kier alpha value is -3.82. The molecule has 3 heterocycles. The molecule has 0 spiro atoms. The molecule has 17 nitrogen and oxygen atoms in total. The van der Waals surface area contributed by atoms with Crippen LogP contribution >= 0.6 is 7.75 Å². The predicted molar refractivity (Wildman–Crippen MR) is 139 cm³/mol. The van der Waals surface area contributed by atoms with E-state index in [-0.39, 0.29) is 35.3 Å². The number of anilines is 1. The van der Waals surface area contributed by atoms with Gasteiger partial charge in [-0.1, -0.05) is 18.2 Å². The second-order valence-corrected chi connectivity index (χ2v) is 10.6. The number of aliphatic hydroxyl groups is 2. The number of benzene rings is 1. The molecule has 40 heavy (non-hydrogen) atoms. The van der Waals surface area contributed by atoms with Gasteiger partial charge in [0.15, 0.2) is 17.7 Å². The van der Waals surface area contributed by atoms with Gasteiger partial charge in [0.1, 0.15) is 35.1 Å². The van der Waals surface area contributed by atoms with E-state index in [9.17, 15) is 19.6 Å². The highest BCUT2D eigenvalue weighted by Crippen LogP contribution is 2.47. The second-order valence-electron chi connectivity index (χ2n) is 8.92. The largest absolute Gasteiger partial charge is 0.465 e. The van der Waals surface area contributed by atoms with E-state index < -0.39 is 50.4 Å². The van der Waals surface area contributed by atoms with E-state index in [0.29, 0.717) is 0 Å². The number of nitrogens with two attached hydrogens (primary N) is 1. The van der Waals surface area contributed by atoms with Gasteiger partial charge in [0, 0.05) is 4.91 Å². The molecule has 1 aromatic carbocycles. The molecule has 1 fully saturated rings. The summed E-state index contributed by atoms with van der Waals surface area (Å²) in [5.41, 5.74) is 12.9. The maximum absolute atomic E-state index is 13.7. The second kappa shape index (κ2) is 11.7. The van der Waals surface area contributed by atoms with Crippen molar-refractivity contribution >= 4 is 36.6 Å². The number of nitrogen functional groups attached to an aromatic ring is 1. The van der Waals surface area contributed by atoms with E-state index in [2.05, 4.69) is 30.1 Å². The fourth-order valence-corrected chi connectivity index (χ4v) is 5.50. The first kappa shape index (κ1) is 29.2. The van der Waals surface area contributed by atoms with Gasteiger partial charge < -0.3 is 29.9 Å². The number of fused-ring (bicyclic) bond motifs is 1. The lowest BCUT2D eigenvalue weighted by Crippen LogP contribution is -2.44. The van der Waals surface area contributed by atoms with Gasteiger partial charge in [-0.3, -0.25) is 13.9 Å². The third kappa shape index (κ3) is 6.00. The van der Waals surface area contributed by atoms with Gasteiger partial charge >= 0.3 is 13.7 Å². The highest BCUT2D eigenvalue weighted by atomic mass is 31.2. The van der Waals surface area contributed by atoms with Gasteiger partial charge in [0.2, 0.25) is 5.95 Å². The number of ether oxygens (including phenoxy) is 2. The standard InChI is InChI=1S/C22H28N9O8P/c1-4-36-19(33)12(2)29-40(35,39-13-8-6-5-7-9-13)37-10-14-16(32)22(3,34)20(38-14)31-11-25-15-17(23)26-21(28-30-24)27-18(15)31/h5-9,11-12,14,16,20,32,34H,4,10H2,1-3H3,(H,29,35)(H2,23,26,27)/t12-,14+,16+,20+,22+,40?/m0/s1. The van der Waals surface area contributed by atoms with Crippen molar-refractivity contribution in [1.82, 2.24) is 24.6 Å². The predicted octanol–water partition coefficient (Wildman–Crippen LogP) is 2.10. The number of azide groups is 1. The number of hydrogen-bond donors (Lipinski definition) is 4. The Bertz CT molecular complexity index is 1460. The van der Waals surface area contributed by atoms with Crippen LogP contribution in [0.25, 0.3) is 21.6 Å². The lowest BCUT2D eigenvalue weighted by Gasteiger charge is -2.27. The van der Waals surface area contributed by atoms with Gasteiger partial charge in [0.25, 0.3) is 0 Å². The van der Waals surface area contributed by atoms with Gasteiger partial charge in [-0.05, 0) is 43.5 Å². The molecule has 1 unspecified atom stereocenters. The summed E-state index contributed by atoms with van der Waals surface area (Å²) in [4.78, 5) is 26.9. The molecule has 0 amide bonds. The molecule has 0 saturated carbocycles. The number of esters is 1. The summed E-state index contributed by atoms with van der Waals surface area (Å²) in [6.45, 7) is 3.94. The molecule has 1 aliphatic heterocycles. The van der Waals surface area contributed by atoms with Crippen molar-refractivity contribution in [3.8, 4) is 5.75 Å². The molecule has 214 valence electrons. The first-order valence-electron chi connectivity index (χ1n) is 12.0. The monoisotopic (exact) mass is 577 g/mol. The van der Waals surface area contributed by atoms with Crippen molar-refractivity contribution in [2.24, 2.45) is 5.11 Å². The van der Waals surface area contributed by atoms with E-state index in [1.807, 2.05) is 0 Å². The third-order valence-corrected chi connectivity index (χ3v) is 7.59. The van der Waals surface area contributed by atoms with Crippen molar-refractivity contribution in [3.05, 3.63) is 47.1 Å². The lowest BCUT2D eigenvalue weighted by molar-refractivity contribution is -0.144. The number of hydrogen-bond acceptors (Lipinski definition) is 13. The molecule has 1 aliphatic rings. The van der Waals surface area contributed by atoms with Crippen LogP contribution < -0.4 is 15.3 Å². The molecule has 6 atom stereocenters. The Morgan fingerprint density at radius 3 is 2.80 bits per heavy atom. The number of rotatable bonds is 11. The van der Waals surface area contributed by atoms with Crippen LogP contribution in [-0.4, -0.2) is 72.8 Å². The lowest BCUT2D eigenvalue weighted by atomic mass is 9.96. The van der Waals surface area contributed by atoms with Crippen LogP contribution in [0.15, 0.2) is 41.8 Å². The first-order valence-corrected chi connectivity index (χ1v) is 13.6. The summed E-state index contributed by atoms with van der Waals surface area (Å²) in [7, 11) is -4.26. The number of aliphatic hydroxyl groups excluding tert-OH is 1. The van der Waals surface area contributed by atoms with Crippen molar-refractivity contribution in [2.45, 2.75) is 50.8 Å². The van der Waals surface area contributed by atoms with Crippen molar-refractivity contribution in [1.29, 1.82) is 0 Å². The van der Waals surface area contributed by atoms with Crippen LogP contribution in [0.4, 0.5) is 11.8 Å². The summed E-state index contributed by atoms with van der Waals surface area (Å²) in [5, 5.41) is 28.0. The summed E-state index contributed by atoms with van der Waals surface area (Å²) in [6, 6.07) is 7.03. The third-order valence-electron chi connectivity index (χ3n) is 5.95. The van der Waals surface area contributed by atoms with Crippen LogP contribution in [0.1, 0.15) is 27.0 Å². The van der Waals surface area contributed by atoms with Crippen molar-refractivity contribution in [3.63, 3.8) is 0 Å². The zero-order valence-electron chi connectivity index (χ0n) is 21.7. The summed E-state index contributed by atoms with van der Waals surface area (Å²) in [5.74, 6) is -0.861. The van der Waals surface area contributed by atoms with Gasteiger partial charge in [-0.15, -0.1) is 0 Å². The van der Waals surface area contributed by atoms with E-state index in [0.717, 1.165) is 0 Å². The minimum absolute atomic E-state index is 0.0666. The zero-order valence-corrected chi connectivity index (χ0v) is 22.6. The number of carbonyl (C=O) groups is 1. The van der Waals surface area contributed by atoms with Crippen LogP contribution in [0.5, 0.6) is 5.75 Å². The maximum atomic E-state index is 13.7. The Morgan fingerprint density at radius 1 is 1.40 bits per heavy atom. The number of nitrogens with one attached hydrogen (secondary N) is 1. The Kier molecular flexibility index (Phi) is 8.56. The average molecular weight is 577 g/mol. The molecular formula is C22H28N9O8P. The van der Waals surface area contributed by atoms with Gasteiger partial charge in [0.05, 0.1) is 19.5 Å². The molecule has 5 N–H and O–H groups in total. The van der Waals surface area contributed by atoms with E-state index in [1.165, 1.54) is 36.9 Å². The van der Waals surface area contributed by atoms with E-state index in [4.69, 9.17) is 29.8 Å². The van der Waals surface area contributed by atoms with E-state index in [1.54, 1.807) is 25.1 Å². The smallest absolute Gasteiger partial charge is 0.459 e. The Morgan fingerprint density at radius 2 is 2.12 bits per heavy atom. The zero-order chi connectivity index (χ0) is 29.1. The number of aromatic nitrogens is 4. The fourth-order valence-electron chi connectivity index (χ4n) is 4.00. The van der Waals surface area contributed by atoms with E-state index >= 15 is 0 Å². The van der Waals surface area contributed by atoms with Crippen molar-refractivity contribution in [2.75, 3.05) is 18.9 Å². The molecule has 1 saturated heterocycles. The normalized spacial score (nSPS) is 24.7. The summed E-state index contributed by atoms with van der Waals surface area (Å²) in [6.07, 6.45) is -2.81. The SMILES string of the molecule is CCOC(=O)[C@H](C)NP(=O)(OC[C@H]1O[C@@H](n2cnc3c(N)nc(N=[N+]=[N-])nc32)[C@](C)(O)[C@@H]1O)Oc1ccccc1. The quantitative estimate of drug-likeness (QED) is 0.0840. The fraction of sp³-hybridized carbons (Fsp3) is 0.455. The summed E-state index contributed by atoms with van der Waals surface area (Å²) < 4.78 is 37.0. The van der Waals surface area contributed by atoms with Crippen LogP contribution in [0.2, 0.25) is 0 Å². The molecule has 0 aliphatic carbocycles. The first-order chi connectivity index (χ1) is 19.0. The van der Waals surface area contributed by atoms with Crippen LogP contribution in [0, 0.1) is 0 Å². The Labute approximate surface area is 227 Å². The molecule has 0 bridgehead atoms. The minimum atomic E-state index is -4.26. The Balaban J connectivity index is 1.58. The van der Waals surface area contributed by atoms with Gasteiger partial charge in [-0.25, -0.2) is 19.5 Å². The molecule has 4 rings (SSSR count). The maximum Gasteiger partial charge on any atom is 0.459 e.